The van der Waals surface area contributed by atoms with Crippen molar-refractivity contribution in [2.75, 3.05) is 14.2 Å². The van der Waals surface area contributed by atoms with E-state index in [2.05, 4.69) is 0 Å². The standard InChI is InChI=1S/C17H16O5/c1-11(18)22-14-9-5-4-7-12(14)16(19)13-8-6-10-15(20-2)17(13)21-3/h4-10H,1-3H3. The van der Waals surface area contributed by atoms with Crippen LogP contribution in [0.5, 0.6) is 17.2 Å². The second-order valence-electron chi connectivity index (χ2n) is 4.46. The fraction of sp³-hybridized carbons (Fsp3) is 0.176. The van der Waals surface area contributed by atoms with Gasteiger partial charge in [0.25, 0.3) is 0 Å². The molecule has 22 heavy (non-hydrogen) atoms. The molecule has 0 radical (unpaired) electrons. The molecule has 114 valence electrons. The zero-order chi connectivity index (χ0) is 16.1. The van der Waals surface area contributed by atoms with Crippen molar-refractivity contribution in [2.24, 2.45) is 0 Å². The van der Waals surface area contributed by atoms with Gasteiger partial charge in [-0.3, -0.25) is 9.59 Å². The van der Waals surface area contributed by atoms with Crippen molar-refractivity contribution in [3.63, 3.8) is 0 Å². The van der Waals surface area contributed by atoms with Crippen LogP contribution < -0.4 is 14.2 Å². The average Bonchev–Trinajstić information content (AvgIpc) is 2.53. The molecule has 0 bridgehead atoms. The van der Waals surface area contributed by atoms with Gasteiger partial charge in [-0.1, -0.05) is 18.2 Å². The van der Waals surface area contributed by atoms with E-state index >= 15 is 0 Å². The van der Waals surface area contributed by atoms with Crippen LogP contribution in [0.3, 0.4) is 0 Å². The molecule has 2 aromatic rings. The smallest absolute Gasteiger partial charge is 0.308 e. The van der Waals surface area contributed by atoms with Gasteiger partial charge >= 0.3 is 5.97 Å². The number of ketones is 1. The molecular formula is C17H16O5. The summed E-state index contributed by atoms with van der Waals surface area (Å²) >= 11 is 0. The minimum Gasteiger partial charge on any atom is -0.493 e. The molecule has 2 aromatic carbocycles. The normalized spacial score (nSPS) is 9.95. The number of esters is 1. The summed E-state index contributed by atoms with van der Waals surface area (Å²) in [5.74, 6) is 0.210. The zero-order valence-electron chi connectivity index (χ0n) is 12.6. The number of rotatable bonds is 5. The summed E-state index contributed by atoms with van der Waals surface area (Å²) in [6.07, 6.45) is 0. The number of hydrogen-bond acceptors (Lipinski definition) is 5. The van der Waals surface area contributed by atoms with Crippen LogP contribution >= 0.6 is 0 Å². The van der Waals surface area contributed by atoms with Crippen molar-refractivity contribution >= 4 is 11.8 Å². The molecule has 0 amide bonds. The second kappa shape index (κ2) is 6.76. The highest BCUT2D eigenvalue weighted by Crippen LogP contribution is 2.33. The monoisotopic (exact) mass is 300 g/mol. The molecule has 0 atom stereocenters. The Morgan fingerprint density at radius 1 is 0.818 bits per heavy atom. The molecule has 0 aliphatic carbocycles. The molecule has 0 fully saturated rings. The SMILES string of the molecule is COc1cccc(C(=O)c2ccccc2OC(C)=O)c1OC. The largest absolute Gasteiger partial charge is 0.493 e. The highest BCUT2D eigenvalue weighted by atomic mass is 16.5. The van der Waals surface area contributed by atoms with Gasteiger partial charge in [0.1, 0.15) is 5.75 Å². The molecule has 0 unspecified atom stereocenters. The number of methoxy groups -OCH3 is 2. The number of benzene rings is 2. The molecule has 0 saturated heterocycles. The summed E-state index contributed by atoms with van der Waals surface area (Å²) in [6.45, 7) is 1.29. The van der Waals surface area contributed by atoms with Crippen molar-refractivity contribution in [3.8, 4) is 17.2 Å². The minimum atomic E-state index is -0.488. The first-order valence-corrected chi connectivity index (χ1v) is 6.61. The van der Waals surface area contributed by atoms with Crippen LogP contribution in [0.2, 0.25) is 0 Å². The first kappa shape index (κ1) is 15.6. The third kappa shape index (κ3) is 3.09. The number of carbonyl (C=O) groups is 2. The molecule has 0 spiro atoms. The molecule has 0 aliphatic heterocycles. The van der Waals surface area contributed by atoms with Gasteiger partial charge in [-0.25, -0.2) is 0 Å². The van der Waals surface area contributed by atoms with E-state index in [0.717, 1.165) is 0 Å². The van der Waals surface area contributed by atoms with E-state index in [4.69, 9.17) is 14.2 Å². The van der Waals surface area contributed by atoms with E-state index in [1.165, 1.54) is 21.1 Å². The zero-order valence-corrected chi connectivity index (χ0v) is 12.6. The predicted octanol–water partition coefficient (Wildman–Crippen LogP) is 2.86. The van der Waals surface area contributed by atoms with E-state index in [1.54, 1.807) is 42.5 Å². The molecule has 2 rings (SSSR count). The molecule has 0 N–H and O–H groups in total. The Kier molecular flexibility index (Phi) is 4.78. The minimum absolute atomic E-state index is 0.213. The molecule has 5 nitrogen and oxygen atoms in total. The summed E-state index contributed by atoms with van der Waals surface area (Å²) in [5, 5.41) is 0. The third-order valence-electron chi connectivity index (χ3n) is 3.03. The Labute approximate surface area is 128 Å². The van der Waals surface area contributed by atoms with Crippen LogP contribution in [0.4, 0.5) is 0 Å². The van der Waals surface area contributed by atoms with Gasteiger partial charge in [0.2, 0.25) is 5.78 Å². The average molecular weight is 300 g/mol. The number of para-hydroxylation sites is 2. The maximum atomic E-state index is 12.8. The van der Waals surface area contributed by atoms with Crippen LogP contribution in [0.25, 0.3) is 0 Å². The third-order valence-corrected chi connectivity index (χ3v) is 3.03. The van der Waals surface area contributed by atoms with Crippen molar-refractivity contribution in [3.05, 3.63) is 53.6 Å². The van der Waals surface area contributed by atoms with Crippen LogP contribution in [-0.2, 0) is 4.79 Å². The Morgan fingerprint density at radius 2 is 1.45 bits per heavy atom. The van der Waals surface area contributed by atoms with E-state index in [9.17, 15) is 9.59 Å². The molecule has 0 heterocycles. The van der Waals surface area contributed by atoms with E-state index < -0.39 is 5.97 Å². The van der Waals surface area contributed by atoms with Gasteiger partial charge in [0.15, 0.2) is 11.5 Å². The summed E-state index contributed by atoms with van der Waals surface area (Å²) in [6, 6.07) is 11.6. The Hall–Kier alpha value is -2.82. The van der Waals surface area contributed by atoms with Gasteiger partial charge in [-0.2, -0.15) is 0 Å². The summed E-state index contributed by atoms with van der Waals surface area (Å²) in [7, 11) is 2.96. The van der Waals surface area contributed by atoms with E-state index in [-0.39, 0.29) is 17.1 Å². The van der Waals surface area contributed by atoms with Gasteiger partial charge in [0.05, 0.1) is 25.3 Å². The molecular weight excluding hydrogens is 284 g/mol. The first-order valence-electron chi connectivity index (χ1n) is 6.61. The van der Waals surface area contributed by atoms with Crippen LogP contribution in [0.1, 0.15) is 22.8 Å². The van der Waals surface area contributed by atoms with Crippen molar-refractivity contribution < 1.29 is 23.8 Å². The van der Waals surface area contributed by atoms with Gasteiger partial charge < -0.3 is 14.2 Å². The number of carbonyl (C=O) groups excluding carboxylic acids is 2. The number of hydrogen-bond donors (Lipinski definition) is 0. The lowest BCUT2D eigenvalue weighted by Crippen LogP contribution is -2.10. The van der Waals surface area contributed by atoms with Crippen LogP contribution in [-0.4, -0.2) is 26.0 Å². The number of ether oxygens (including phenoxy) is 3. The predicted molar refractivity (Wildman–Crippen MR) is 80.7 cm³/mol. The fourth-order valence-electron chi connectivity index (χ4n) is 2.11. The lowest BCUT2D eigenvalue weighted by Gasteiger charge is -2.13. The maximum Gasteiger partial charge on any atom is 0.308 e. The highest BCUT2D eigenvalue weighted by Gasteiger charge is 2.21. The van der Waals surface area contributed by atoms with Gasteiger partial charge in [0, 0.05) is 6.92 Å². The Morgan fingerprint density at radius 3 is 2.09 bits per heavy atom. The van der Waals surface area contributed by atoms with Crippen molar-refractivity contribution in [1.82, 2.24) is 0 Å². The highest BCUT2D eigenvalue weighted by molar-refractivity contribution is 6.13. The van der Waals surface area contributed by atoms with Crippen molar-refractivity contribution in [2.45, 2.75) is 6.92 Å². The molecule has 0 saturated carbocycles. The summed E-state index contributed by atoms with van der Waals surface area (Å²) in [5.41, 5.74) is 0.616. The van der Waals surface area contributed by atoms with Crippen LogP contribution in [0, 0.1) is 0 Å². The fourth-order valence-corrected chi connectivity index (χ4v) is 2.11. The van der Waals surface area contributed by atoms with E-state index in [1.807, 2.05) is 0 Å². The molecule has 5 heteroatoms. The quantitative estimate of drug-likeness (QED) is 0.483. The Bertz CT molecular complexity index is 706. The summed E-state index contributed by atoms with van der Waals surface area (Å²) < 4.78 is 15.6. The summed E-state index contributed by atoms with van der Waals surface area (Å²) in [4.78, 5) is 23.9. The molecule has 0 aliphatic rings. The van der Waals surface area contributed by atoms with Crippen molar-refractivity contribution in [1.29, 1.82) is 0 Å². The van der Waals surface area contributed by atoms with Gasteiger partial charge in [-0.15, -0.1) is 0 Å². The topological polar surface area (TPSA) is 61.8 Å². The van der Waals surface area contributed by atoms with Crippen LogP contribution in [0.15, 0.2) is 42.5 Å². The Balaban J connectivity index is 2.51. The second-order valence-corrected chi connectivity index (χ2v) is 4.46. The lowest BCUT2D eigenvalue weighted by molar-refractivity contribution is -0.131. The van der Waals surface area contributed by atoms with Gasteiger partial charge in [-0.05, 0) is 24.3 Å². The molecule has 0 aromatic heterocycles. The first-order chi connectivity index (χ1) is 10.6. The maximum absolute atomic E-state index is 12.8. The lowest BCUT2D eigenvalue weighted by atomic mass is 10.0. The van der Waals surface area contributed by atoms with E-state index in [0.29, 0.717) is 17.1 Å².